The van der Waals surface area contributed by atoms with Crippen molar-refractivity contribution in [1.29, 1.82) is 0 Å². The lowest BCUT2D eigenvalue weighted by atomic mass is 10.2. The minimum Gasteiger partial charge on any atom is -0.496 e. The lowest BCUT2D eigenvalue weighted by Gasteiger charge is -2.10. The van der Waals surface area contributed by atoms with Gasteiger partial charge in [0.15, 0.2) is 0 Å². The summed E-state index contributed by atoms with van der Waals surface area (Å²) in [6, 6.07) is 10.4. The van der Waals surface area contributed by atoms with Crippen LogP contribution >= 0.6 is 0 Å². The van der Waals surface area contributed by atoms with E-state index in [4.69, 9.17) is 4.74 Å². The van der Waals surface area contributed by atoms with Crippen LogP contribution in [0.3, 0.4) is 0 Å². The van der Waals surface area contributed by atoms with Crippen molar-refractivity contribution < 1.29 is 9.53 Å². The summed E-state index contributed by atoms with van der Waals surface area (Å²) in [5.41, 5.74) is 2.81. The van der Waals surface area contributed by atoms with Crippen LogP contribution in [-0.2, 0) is 0 Å². The lowest BCUT2D eigenvalue weighted by molar-refractivity contribution is 0.0953. The zero-order chi connectivity index (χ0) is 16.8. The Bertz CT molecular complexity index is 779. The fraction of sp³-hybridized carbons (Fsp3) is 0.235. The van der Waals surface area contributed by atoms with E-state index in [1.165, 1.54) is 16.8 Å². The topological polar surface area (TPSA) is 72.7 Å². The van der Waals surface area contributed by atoms with E-state index in [0.29, 0.717) is 5.75 Å². The predicted molar refractivity (Wildman–Crippen MR) is 89.1 cm³/mol. The van der Waals surface area contributed by atoms with Crippen LogP contribution in [0.25, 0.3) is 0 Å². The van der Waals surface area contributed by atoms with Crippen molar-refractivity contribution in [3.05, 3.63) is 64.1 Å². The summed E-state index contributed by atoms with van der Waals surface area (Å²) in [5, 5.41) is 3.89. The SMILES string of the molecule is COc1ccccc1/C=N\NC(=O)c1cccn(C(C)C)c1=O. The number of benzene rings is 1. The van der Waals surface area contributed by atoms with Gasteiger partial charge in [-0.05, 0) is 38.1 Å². The van der Waals surface area contributed by atoms with E-state index in [0.717, 1.165) is 5.56 Å². The van der Waals surface area contributed by atoms with E-state index >= 15 is 0 Å². The third-order valence-corrected chi connectivity index (χ3v) is 3.28. The van der Waals surface area contributed by atoms with E-state index in [9.17, 15) is 9.59 Å². The van der Waals surface area contributed by atoms with Gasteiger partial charge in [-0.3, -0.25) is 9.59 Å². The molecule has 0 bridgehead atoms. The first kappa shape index (κ1) is 16.5. The smallest absolute Gasteiger partial charge is 0.276 e. The van der Waals surface area contributed by atoms with Crippen molar-refractivity contribution in [3.63, 3.8) is 0 Å². The quantitative estimate of drug-likeness (QED) is 0.679. The normalized spacial score (nSPS) is 11.0. The molecule has 0 atom stereocenters. The predicted octanol–water partition coefficient (Wildman–Crippen LogP) is 2.20. The van der Waals surface area contributed by atoms with E-state index in [1.54, 1.807) is 25.4 Å². The Balaban J connectivity index is 2.16. The molecular formula is C17H19N3O3. The zero-order valence-electron chi connectivity index (χ0n) is 13.3. The number of hydrogen-bond acceptors (Lipinski definition) is 4. The van der Waals surface area contributed by atoms with Gasteiger partial charge < -0.3 is 9.30 Å². The highest BCUT2D eigenvalue weighted by atomic mass is 16.5. The van der Waals surface area contributed by atoms with Crippen LogP contribution in [0.2, 0.25) is 0 Å². The first-order chi connectivity index (χ1) is 11.0. The number of ether oxygens (including phenoxy) is 1. The first-order valence-corrected chi connectivity index (χ1v) is 7.22. The van der Waals surface area contributed by atoms with Gasteiger partial charge in [-0.1, -0.05) is 12.1 Å². The van der Waals surface area contributed by atoms with Crippen LogP contribution in [0.15, 0.2) is 52.5 Å². The maximum absolute atomic E-state index is 12.2. The van der Waals surface area contributed by atoms with Crippen molar-refractivity contribution in [2.75, 3.05) is 7.11 Å². The van der Waals surface area contributed by atoms with Gasteiger partial charge in [0.2, 0.25) is 0 Å². The monoisotopic (exact) mass is 313 g/mol. The third-order valence-electron chi connectivity index (χ3n) is 3.28. The van der Waals surface area contributed by atoms with E-state index in [-0.39, 0.29) is 17.2 Å². The molecule has 1 aromatic heterocycles. The Morgan fingerprint density at radius 1 is 1.26 bits per heavy atom. The van der Waals surface area contributed by atoms with Crippen LogP contribution in [-0.4, -0.2) is 23.8 Å². The molecule has 1 N–H and O–H groups in total. The fourth-order valence-electron chi connectivity index (χ4n) is 2.08. The second-order valence-corrected chi connectivity index (χ2v) is 5.17. The first-order valence-electron chi connectivity index (χ1n) is 7.22. The standard InChI is InChI=1S/C17H19N3O3/c1-12(2)20-10-6-8-14(17(20)22)16(21)19-18-11-13-7-4-5-9-15(13)23-3/h4-12H,1-3H3,(H,19,21)/b18-11-. The summed E-state index contributed by atoms with van der Waals surface area (Å²) < 4.78 is 6.69. The molecule has 23 heavy (non-hydrogen) atoms. The van der Waals surface area contributed by atoms with Crippen LogP contribution < -0.4 is 15.7 Å². The molecule has 0 spiro atoms. The molecule has 0 aliphatic rings. The number of rotatable bonds is 5. The Labute approximate surface area is 134 Å². The summed E-state index contributed by atoms with van der Waals surface area (Å²) in [4.78, 5) is 24.3. The summed E-state index contributed by atoms with van der Waals surface area (Å²) >= 11 is 0. The molecule has 1 amide bonds. The minimum absolute atomic E-state index is 0.0210. The lowest BCUT2D eigenvalue weighted by Crippen LogP contribution is -2.31. The highest BCUT2D eigenvalue weighted by Gasteiger charge is 2.12. The molecule has 2 aromatic rings. The van der Waals surface area contributed by atoms with Gasteiger partial charge in [-0.2, -0.15) is 5.10 Å². The molecule has 1 heterocycles. The number of hydrazone groups is 1. The van der Waals surface area contributed by atoms with Gasteiger partial charge in [0.1, 0.15) is 11.3 Å². The van der Waals surface area contributed by atoms with Crippen LogP contribution in [0.4, 0.5) is 0 Å². The maximum atomic E-state index is 12.2. The van der Waals surface area contributed by atoms with Crippen LogP contribution in [0.1, 0.15) is 35.8 Å². The molecule has 1 aromatic carbocycles. The summed E-state index contributed by atoms with van der Waals surface area (Å²) in [6.07, 6.45) is 3.13. The number of carbonyl (C=O) groups excluding carboxylic acids is 1. The Morgan fingerprint density at radius 3 is 2.70 bits per heavy atom. The van der Waals surface area contributed by atoms with E-state index in [2.05, 4.69) is 10.5 Å². The molecule has 0 saturated heterocycles. The second kappa shape index (κ2) is 7.40. The third kappa shape index (κ3) is 3.85. The molecule has 120 valence electrons. The fourth-order valence-corrected chi connectivity index (χ4v) is 2.08. The molecule has 0 saturated carbocycles. The second-order valence-electron chi connectivity index (χ2n) is 5.17. The van der Waals surface area contributed by atoms with Crippen molar-refractivity contribution in [3.8, 4) is 5.75 Å². The summed E-state index contributed by atoms with van der Waals surface area (Å²) in [5.74, 6) is 0.100. The number of amides is 1. The number of para-hydroxylation sites is 1. The van der Waals surface area contributed by atoms with Gasteiger partial charge in [-0.25, -0.2) is 5.43 Å². The number of nitrogens with one attached hydrogen (secondary N) is 1. The molecule has 6 heteroatoms. The average molecular weight is 313 g/mol. The molecule has 0 fully saturated rings. The number of carbonyl (C=O) groups is 1. The van der Waals surface area contributed by atoms with Gasteiger partial charge in [0.05, 0.1) is 13.3 Å². The average Bonchev–Trinajstić information content (AvgIpc) is 2.55. The van der Waals surface area contributed by atoms with Crippen molar-refractivity contribution >= 4 is 12.1 Å². The molecule has 0 radical (unpaired) electrons. The molecule has 0 aliphatic heterocycles. The van der Waals surface area contributed by atoms with E-state index < -0.39 is 5.91 Å². The number of pyridine rings is 1. The van der Waals surface area contributed by atoms with Gasteiger partial charge in [0.25, 0.3) is 11.5 Å². The van der Waals surface area contributed by atoms with Gasteiger partial charge in [-0.15, -0.1) is 0 Å². The maximum Gasteiger partial charge on any atom is 0.276 e. The van der Waals surface area contributed by atoms with E-state index in [1.807, 2.05) is 32.0 Å². The summed E-state index contributed by atoms with van der Waals surface area (Å²) in [6.45, 7) is 3.76. The van der Waals surface area contributed by atoms with Gasteiger partial charge in [0, 0.05) is 17.8 Å². The highest BCUT2D eigenvalue weighted by Crippen LogP contribution is 2.14. The van der Waals surface area contributed by atoms with Gasteiger partial charge >= 0.3 is 0 Å². The molecule has 0 aliphatic carbocycles. The zero-order valence-corrected chi connectivity index (χ0v) is 13.3. The number of methoxy groups -OCH3 is 1. The van der Waals surface area contributed by atoms with Crippen LogP contribution in [0.5, 0.6) is 5.75 Å². The minimum atomic E-state index is -0.545. The number of nitrogens with zero attached hydrogens (tertiary/aromatic N) is 2. The molecule has 0 unspecified atom stereocenters. The number of hydrogen-bond donors (Lipinski definition) is 1. The highest BCUT2D eigenvalue weighted by molar-refractivity contribution is 5.94. The molecular weight excluding hydrogens is 294 g/mol. The number of aromatic nitrogens is 1. The Hall–Kier alpha value is -2.89. The molecule has 6 nitrogen and oxygen atoms in total. The summed E-state index contributed by atoms with van der Waals surface area (Å²) in [7, 11) is 1.56. The Kier molecular flexibility index (Phi) is 5.30. The van der Waals surface area contributed by atoms with Crippen molar-refractivity contribution in [2.45, 2.75) is 19.9 Å². The Morgan fingerprint density at radius 2 is 2.00 bits per heavy atom. The van der Waals surface area contributed by atoms with Crippen LogP contribution in [0, 0.1) is 0 Å². The largest absolute Gasteiger partial charge is 0.496 e. The van der Waals surface area contributed by atoms with Crippen molar-refractivity contribution in [2.24, 2.45) is 5.10 Å². The molecule has 2 rings (SSSR count). The van der Waals surface area contributed by atoms with Crippen molar-refractivity contribution in [1.82, 2.24) is 9.99 Å².